The van der Waals surface area contributed by atoms with Crippen molar-refractivity contribution < 1.29 is 23.5 Å². The smallest absolute Gasteiger partial charge is 0.261 e. The van der Waals surface area contributed by atoms with Crippen LogP contribution < -0.4 is 20.6 Å². The van der Waals surface area contributed by atoms with Gasteiger partial charge in [-0.1, -0.05) is 18.2 Å². The lowest BCUT2D eigenvalue weighted by molar-refractivity contribution is -0.138. The Morgan fingerprint density at radius 1 is 1.16 bits per heavy atom. The van der Waals surface area contributed by atoms with Crippen molar-refractivity contribution in [2.45, 2.75) is 25.8 Å². The zero-order chi connectivity index (χ0) is 22.0. The van der Waals surface area contributed by atoms with Crippen LogP contribution >= 0.6 is 0 Å². The molecule has 2 N–H and O–H groups in total. The number of ether oxygens (including phenoxy) is 2. The summed E-state index contributed by atoms with van der Waals surface area (Å²) in [5.41, 5.74) is 5.38. The molecule has 0 radical (unpaired) electrons. The summed E-state index contributed by atoms with van der Waals surface area (Å²) in [6.45, 7) is 1.88. The van der Waals surface area contributed by atoms with Crippen molar-refractivity contribution in [3.63, 3.8) is 0 Å². The summed E-state index contributed by atoms with van der Waals surface area (Å²) in [5, 5.41) is 0.337. The molecule has 0 bridgehead atoms. The van der Waals surface area contributed by atoms with E-state index in [2.05, 4.69) is 0 Å². The summed E-state index contributed by atoms with van der Waals surface area (Å²) < 4.78 is 17.1. The van der Waals surface area contributed by atoms with E-state index in [0.29, 0.717) is 41.2 Å². The van der Waals surface area contributed by atoms with Gasteiger partial charge in [0.1, 0.15) is 28.9 Å². The topological polar surface area (TPSA) is 112 Å². The summed E-state index contributed by atoms with van der Waals surface area (Å²) in [6, 6.07) is 13.1. The maximum atomic E-state index is 12.9. The molecule has 4 rings (SSSR count). The average molecular weight is 422 g/mol. The number of hydrogen-bond donors (Lipinski definition) is 1. The predicted octanol–water partition coefficient (Wildman–Crippen LogP) is 2.75. The minimum atomic E-state index is -0.587. The average Bonchev–Trinajstić information content (AvgIpc) is 3.26. The number of rotatable bonds is 6. The van der Waals surface area contributed by atoms with E-state index < -0.39 is 11.9 Å². The highest BCUT2D eigenvalue weighted by Gasteiger charge is 2.32. The Labute approximate surface area is 178 Å². The van der Waals surface area contributed by atoms with Gasteiger partial charge in [-0.25, -0.2) is 0 Å². The Hall–Kier alpha value is -3.81. The van der Waals surface area contributed by atoms with E-state index in [9.17, 15) is 14.4 Å². The summed E-state index contributed by atoms with van der Waals surface area (Å²) in [6.07, 6.45) is 1.29. The number of nitrogens with zero attached hydrogens (tertiary/aromatic N) is 1. The number of likely N-dealkylation sites (tertiary alicyclic amines) is 1. The maximum Gasteiger partial charge on any atom is 0.261 e. The minimum absolute atomic E-state index is 0.120. The van der Waals surface area contributed by atoms with Crippen molar-refractivity contribution in [1.82, 2.24) is 4.90 Å². The van der Waals surface area contributed by atoms with Crippen molar-refractivity contribution in [2.75, 3.05) is 13.2 Å². The lowest BCUT2D eigenvalue weighted by Crippen LogP contribution is -2.45. The predicted molar refractivity (Wildman–Crippen MR) is 113 cm³/mol. The number of carbonyl (C=O) groups excluding carboxylic acids is 2. The highest BCUT2D eigenvalue weighted by molar-refractivity contribution is 5.88. The SMILES string of the molecule is Cc1oc2cc(OCC(=O)N3CCC[C@H]3C(N)=O)ccc2c(=O)c1Oc1ccccc1. The number of primary amides is 1. The minimum Gasteiger partial charge on any atom is -0.484 e. The van der Waals surface area contributed by atoms with Crippen LogP contribution in [0.25, 0.3) is 11.0 Å². The molecular weight excluding hydrogens is 400 g/mol. The van der Waals surface area contributed by atoms with Crippen molar-refractivity contribution >= 4 is 22.8 Å². The molecule has 1 fully saturated rings. The maximum absolute atomic E-state index is 12.9. The first kappa shape index (κ1) is 20.5. The second-order valence-corrected chi connectivity index (χ2v) is 7.33. The summed E-state index contributed by atoms with van der Waals surface area (Å²) in [5.74, 6) is 0.528. The van der Waals surface area contributed by atoms with Gasteiger partial charge in [-0.2, -0.15) is 0 Å². The van der Waals surface area contributed by atoms with Crippen molar-refractivity contribution in [1.29, 1.82) is 0 Å². The fourth-order valence-corrected chi connectivity index (χ4v) is 3.67. The van der Waals surface area contributed by atoms with E-state index >= 15 is 0 Å². The molecule has 2 amide bonds. The van der Waals surface area contributed by atoms with Crippen LogP contribution in [0.1, 0.15) is 18.6 Å². The lowest BCUT2D eigenvalue weighted by Gasteiger charge is -2.22. The summed E-state index contributed by atoms with van der Waals surface area (Å²) >= 11 is 0. The van der Waals surface area contributed by atoms with Crippen LogP contribution in [0.15, 0.2) is 57.7 Å². The Morgan fingerprint density at radius 3 is 2.68 bits per heavy atom. The summed E-state index contributed by atoms with van der Waals surface area (Å²) in [4.78, 5) is 38.2. The molecule has 160 valence electrons. The van der Waals surface area contributed by atoms with Crippen LogP contribution in [0.4, 0.5) is 0 Å². The molecule has 0 unspecified atom stereocenters. The van der Waals surface area contributed by atoms with Gasteiger partial charge in [-0.15, -0.1) is 0 Å². The Morgan fingerprint density at radius 2 is 1.94 bits per heavy atom. The van der Waals surface area contributed by atoms with Gasteiger partial charge >= 0.3 is 0 Å². The number of benzene rings is 2. The Bertz CT molecular complexity index is 1190. The van der Waals surface area contributed by atoms with Crippen LogP contribution in [0, 0.1) is 6.92 Å². The number of fused-ring (bicyclic) bond motifs is 1. The van der Waals surface area contributed by atoms with Gasteiger partial charge in [-0.05, 0) is 44.0 Å². The van der Waals surface area contributed by atoms with E-state index in [1.807, 2.05) is 18.2 Å². The fourth-order valence-electron chi connectivity index (χ4n) is 3.67. The highest BCUT2D eigenvalue weighted by atomic mass is 16.5. The van der Waals surface area contributed by atoms with Crippen LogP contribution in [-0.4, -0.2) is 35.9 Å². The number of aryl methyl sites for hydroxylation is 1. The number of para-hydroxylation sites is 1. The molecule has 0 saturated carbocycles. The molecule has 3 aromatic rings. The zero-order valence-electron chi connectivity index (χ0n) is 17.0. The summed E-state index contributed by atoms with van der Waals surface area (Å²) in [7, 11) is 0. The van der Waals surface area contributed by atoms with Gasteiger partial charge in [0.25, 0.3) is 5.91 Å². The highest BCUT2D eigenvalue weighted by Crippen LogP contribution is 2.27. The normalized spacial score (nSPS) is 15.8. The molecule has 1 aromatic heterocycles. The number of amides is 2. The largest absolute Gasteiger partial charge is 0.484 e. The van der Waals surface area contributed by atoms with Crippen molar-refractivity contribution in [3.8, 4) is 17.2 Å². The molecule has 31 heavy (non-hydrogen) atoms. The molecule has 8 nitrogen and oxygen atoms in total. The lowest BCUT2D eigenvalue weighted by atomic mass is 10.2. The Balaban J connectivity index is 1.52. The van der Waals surface area contributed by atoms with E-state index in [1.54, 1.807) is 37.3 Å². The molecule has 0 spiro atoms. The first-order valence-corrected chi connectivity index (χ1v) is 9.96. The van der Waals surface area contributed by atoms with Gasteiger partial charge in [-0.3, -0.25) is 14.4 Å². The van der Waals surface area contributed by atoms with Crippen LogP contribution in [0.5, 0.6) is 17.2 Å². The van der Waals surface area contributed by atoms with E-state index in [4.69, 9.17) is 19.6 Å². The van der Waals surface area contributed by atoms with E-state index in [0.717, 1.165) is 6.42 Å². The first-order chi connectivity index (χ1) is 14.9. The molecule has 1 aliphatic rings. The molecule has 1 atom stereocenters. The molecule has 2 heterocycles. The van der Waals surface area contributed by atoms with Crippen LogP contribution in [0.2, 0.25) is 0 Å². The third-order valence-electron chi connectivity index (χ3n) is 5.21. The molecule has 8 heteroatoms. The Kier molecular flexibility index (Phi) is 5.62. The van der Waals surface area contributed by atoms with Crippen LogP contribution in [0.3, 0.4) is 0 Å². The van der Waals surface area contributed by atoms with E-state index in [1.165, 1.54) is 4.90 Å². The molecule has 1 saturated heterocycles. The van der Waals surface area contributed by atoms with Gasteiger partial charge in [0.05, 0.1) is 5.39 Å². The number of carbonyl (C=O) groups is 2. The third-order valence-corrected chi connectivity index (χ3v) is 5.21. The van der Waals surface area contributed by atoms with Crippen LogP contribution in [-0.2, 0) is 9.59 Å². The second kappa shape index (κ2) is 8.51. The quantitative estimate of drug-likeness (QED) is 0.654. The van der Waals surface area contributed by atoms with Crippen molar-refractivity contribution in [3.05, 3.63) is 64.5 Å². The number of nitrogens with two attached hydrogens (primary N) is 1. The monoisotopic (exact) mass is 422 g/mol. The van der Waals surface area contributed by atoms with E-state index in [-0.39, 0.29) is 23.7 Å². The number of hydrogen-bond acceptors (Lipinski definition) is 6. The first-order valence-electron chi connectivity index (χ1n) is 9.96. The third kappa shape index (κ3) is 4.23. The fraction of sp³-hybridized carbons (Fsp3) is 0.261. The van der Waals surface area contributed by atoms with Gasteiger partial charge in [0.2, 0.25) is 17.1 Å². The van der Waals surface area contributed by atoms with Crippen molar-refractivity contribution in [2.24, 2.45) is 5.73 Å². The van der Waals surface area contributed by atoms with Gasteiger partial charge in [0.15, 0.2) is 6.61 Å². The molecule has 1 aliphatic heterocycles. The molecular formula is C23H22N2O6. The van der Waals surface area contributed by atoms with Gasteiger partial charge < -0.3 is 24.5 Å². The second-order valence-electron chi connectivity index (χ2n) is 7.33. The molecule has 0 aliphatic carbocycles. The zero-order valence-corrected chi connectivity index (χ0v) is 17.0. The standard InChI is InChI=1S/C23H22N2O6/c1-14-22(31-15-6-3-2-4-7-15)21(27)17-10-9-16(12-19(17)30-14)29-13-20(26)25-11-5-8-18(25)23(24)28/h2-4,6-7,9-10,12,18H,5,8,11,13H2,1H3,(H2,24,28)/t18-/m0/s1. The van der Waals surface area contributed by atoms with Gasteiger partial charge in [0, 0.05) is 12.6 Å². The molecule has 2 aromatic carbocycles.